The summed E-state index contributed by atoms with van der Waals surface area (Å²) in [7, 11) is 2.17. The fourth-order valence-corrected chi connectivity index (χ4v) is 2.29. The molecule has 1 aliphatic carbocycles. The molecule has 1 aromatic heterocycles. The van der Waals surface area contributed by atoms with Gasteiger partial charge in [0.15, 0.2) is 5.13 Å². The van der Waals surface area contributed by atoms with Gasteiger partial charge in [-0.2, -0.15) is 0 Å². The molecule has 1 saturated carbocycles. The first-order valence-corrected chi connectivity index (χ1v) is 5.95. The summed E-state index contributed by atoms with van der Waals surface area (Å²) in [4.78, 5) is 6.63. The quantitative estimate of drug-likeness (QED) is 0.827. The number of nitrogens with two attached hydrogens (primary N) is 1. The molecule has 0 spiro atoms. The highest BCUT2D eigenvalue weighted by molar-refractivity contribution is 7.13. The van der Waals surface area contributed by atoms with Crippen molar-refractivity contribution < 1.29 is 0 Å². The molecule has 1 unspecified atom stereocenters. The zero-order valence-electron chi connectivity index (χ0n) is 8.73. The summed E-state index contributed by atoms with van der Waals surface area (Å²) in [5.74, 6) is 0.913. The molecule has 1 aromatic rings. The maximum Gasteiger partial charge on any atom is 0.180 e. The summed E-state index contributed by atoms with van der Waals surface area (Å²) >= 11 is 1.52. The molecule has 0 amide bonds. The molecule has 1 aliphatic rings. The second-order valence-electron chi connectivity index (χ2n) is 4.17. The average Bonchev–Trinajstić information content (AvgIpc) is 2.91. The largest absolute Gasteiger partial charge is 0.375 e. The molecule has 1 heterocycles. The fraction of sp³-hybridized carbons (Fsp3) is 0.700. The van der Waals surface area contributed by atoms with Crippen molar-refractivity contribution in [1.29, 1.82) is 0 Å². The number of rotatable bonds is 4. The minimum Gasteiger partial charge on any atom is -0.375 e. The van der Waals surface area contributed by atoms with Gasteiger partial charge in [-0.15, -0.1) is 11.3 Å². The number of nitrogens with zero attached hydrogens (tertiary/aromatic N) is 2. The zero-order chi connectivity index (χ0) is 10.1. The van der Waals surface area contributed by atoms with E-state index in [1.54, 1.807) is 0 Å². The van der Waals surface area contributed by atoms with Crippen molar-refractivity contribution in [3.05, 3.63) is 11.1 Å². The van der Waals surface area contributed by atoms with Crippen LogP contribution >= 0.6 is 11.3 Å². The second-order valence-corrected chi connectivity index (χ2v) is 5.06. The molecule has 78 valence electrons. The van der Waals surface area contributed by atoms with Crippen LogP contribution in [-0.4, -0.2) is 23.0 Å². The zero-order valence-corrected chi connectivity index (χ0v) is 9.55. The smallest absolute Gasteiger partial charge is 0.180 e. The predicted octanol–water partition coefficient (Wildman–Crippen LogP) is 1.96. The number of hydrogen-bond acceptors (Lipinski definition) is 4. The molecule has 0 aliphatic heterocycles. The van der Waals surface area contributed by atoms with Gasteiger partial charge in [0, 0.05) is 18.0 Å². The van der Waals surface area contributed by atoms with Crippen LogP contribution in [0.15, 0.2) is 5.38 Å². The van der Waals surface area contributed by atoms with Crippen LogP contribution < -0.4 is 5.73 Å². The summed E-state index contributed by atoms with van der Waals surface area (Å²) in [5, 5.41) is 2.72. The van der Waals surface area contributed by atoms with Crippen molar-refractivity contribution >= 4 is 16.5 Å². The van der Waals surface area contributed by atoms with Crippen LogP contribution in [0.2, 0.25) is 0 Å². The average molecular weight is 211 g/mol. The molecule has 4 heteroatoms. The second kappa shape index (κ2) is 3.87. The number of anilines is 1. The Morgan fingerprint density at radius 3 is 2.93 bits per heavy atom. The third-order valence-corrected chi connectivity index (χ3v) is 3.70. The molecule has 14 heavy (non-hydrogen) atoms. The van der Waals surface area contributed by atoms with Gasteiger partial charge >= 0.3 is 0 Å². The maximum absolute atomic E-state index is 5.59. The van der Waals surface area contributed by atoms with E-state index in [1.165, 1.54) is 24.2 Å². The Morgan fingerprint density at radius 1 is 1.71 bits per heavy atom. The Morgan fingerprint density at radius 2 is 2.43 bits per heavy atom. The molecule has 1 fully saturated rings. The Balaban J connectivity index is 1.89. The summed E-state index contributed by atoms with van der Waals surface area (Å²) in [5.41, 5.74) is 6.69. The lowest BCUT2D eigenvalue weighted by Gasteiger charge is -2.23. The summed E-state index contributed by atoms with van der Waals surface area (Å²) < 4.78 is 0. The lowest BCUT2D eigenvalue weighted by atomic mass is 10.2. The Hall–Kier alpha value is -0.610. The van der Waals surface area contributed by atoms with Crippen LogP contribution in [-0.2, 0) is 6.54 Å². The predicted molar refractivity (Wildman–Crippen MR) is 60.2 cm³/mol. The van der Waals surface area contributed by atoms with Gasteiger partial charge in [-0.1, -0.05) is 0 Å². The van der Waals surface area contributed by atoms with Crippen LogP contribution in [0.25, 0.3) is 0 Å². The van der Waals surface area contributed by atoms with E-state index in [0.717, 1.165) is 18.2 Å². The van der Waals surface area contributed by atoms with E-state index >= 15 is 0 Å². The molecule has 2 N–H and O–H groups in total. The fourth-order valence-electron chi connectivity index (χ4n) is 1.73. The van der Waals surface area contributed by atoms with Crippen LogP contribution in [0.1, 0.15) is 25.5 Å². The van der Waals surface area contributed by atoms with E-state index in [-0.39, 0.29) is 0 Å². The Kier molecular flexibility index (Phi) is 2.74. The van der Waals surface area contributed by atoms with Gasteiger partial charge in [0.2, 0.25) is 0 Å². The van der Waals surface area contributed by atoms with E-state index in [0.29, 0.717) is 11.2 Å². The van der Waals surface area contributed by atoms with Crippen LogP contribution in [0.3, 0.4) is 0 Å². The van der Waals surface area contributed by atoms with Crippen molar-refractivity contribution in [2.24, 2.45) is 5.92 Å². The minimum atomic E-state index is 0.674. The van der Waals surface area contributed by atoms with Gasteiger partial charge in [-0.3, -0.25) is 4.90 Å². The van der Waals surface area contributed by atoms with Gasteiger partial charge in [-0.05, 0) is 32.7 Å². The molecule has 3 nitrogen and oxygen atoms in total. The minimum absolute atomic E-state index is 0.674. The Bertz CT molecular complexity index is 306. The normalized spacial score (nSPS) is 18.8. The lowest BCUT2D eigenvalue weighted by Crippen LogP contribution is -2.30. The van der Waals surface area contributed by atoms with Crippen molar-refractivity contribution in [2.75, 3.05) is 12.8 Å². The van der Waals surface area contributed by atoms with Gasteiger partial charge in [0.1, 0.15) is 0 Å². The third kappa shape index (κ3) is 2.25. The monoisotopic (exact) mass is 211 g/mol. The highest BCUT2D eigenvalue weighted by Crippen LogP contribution is 2.35. The first-order valence-electron chi connectivity index (χ1n) is 5.07. The summed E-state index contributed by atoms with van der Waals surface area (Å²) in [6.07, 6.45) is 2.79. The van der Waals surface area contributed by atoms with Gasteiger partial charge in [0.25, 0.3) is 0 Å². The lowest BCUT2D eigenvalue weighted by molar-refractivity contribution is 0.224. The highest BCUT2D eigenvalue weighted by Gasteiger charge is 2.30. The SMILES string of the molecule is CC(C1CC1)N(C)Cc1csc(N)n1. The van der Waals surface area contributed by atoms with E-state index in [4.69, 9.17) is 5.73 Å². The highest BCUT2D eigenvalue weighted by atomic mass is 32.1. The van der Waals surface area contributed by atoms with Crippen LogP contribution in [0.4, 0.5) is 5.13 Å². The van der Waals surface area contributed by atoms with E-state index in [2.05, 4.69) is 23.9 Å². The van der Waals surface area contributed by atoms with Crippen molar-refractivity contribution in [3.8, 4) is 0 Å². The molecular formula is C10H17N3S. The summed E-state index contributed by atoms with van der Waals surface area (Å²) in [6.45, 7) is 3.22. The molecule has 0 saturated heterocycles. The van der Waals surface area contributed by atoms with Gasteiger partial charge in [0.05, 0.1) is 5.69 Å². The standard InChI is InChI=1S/C10H17N3S/c1-7(8-3-4-8)13(2)5-9-6-14-10(11)12-9/h6-8H,3-5H2,1-2H3,(H2,11,12). The first-order chi connectivity index (χ1) is 6.66. The van der Waals surface area contributed by atoms with Crippen LogP contribution in [0, 0.1) is 5.92 Å². The number of thiazole rings is 1. The Labute approximate surface area is 88.9 Å². The number of hydrogen-bond donors (Lipinski definition) is 1. The molecule has 2 rings (SSSR count). The molecule has 0 radical (unpaired) electrons. The number of nitrogen functional groups attached to an aromatic ring is 1. The van der Waals surface area contributed by atoms with E-state index < -0.39 is 0 Å². The first kappa shape index (κ1) is 9.93. The maximum atomic E-state index is 5.59. The molecule has 0 aromatic carbocycles. The topological polar surface area (TPSA) is 42.1 Å². The summed E-state index contributed by atoms with van der Waals surface area (Å²) in [6, 6.07) is 0.679. The van der Waals surface area contributed by atoms with Crippen molar-refractivity contribution in [3.63, 3.8) is 0 Å². The molecule has 0 bridgehead atoms. The van der Waals surface area contributed by atoms with Gasteiger partial charge in [-0.25, -0.2) is 4.98 Å². The van der Waals surface area contributed by atoms with E-state index in [9.17, 15) is 0 Å². The third-order valence-electron chi connectivity index (χ3n) is 2.98. The molecular weight excluding hydrogens is 194 g/mol. The van der Waals surface area contributed by atoms with Crippen LogP contribution in [0.5, 0.6) is 0 Å². The van der Waals surface area contributed by atoms with Gasteiger partial charge < -0.3 is 5.73 Å². The molecule has 1 atom stereocenters. The van der Waals surface area contributed by atoms with Crippen molar-refractivity contribution in [1.82, 2.24) is 9.88 Å². The van der Waals surface area contributed by atoms with E-state index in [1.807, 2.05) is 5.38 Å². The number of aromatic nitrogens is 1. The van der Waals surface area contributed by atoms with Crippen molar-refractivity contribution in [2.45, 2.75) is 32.4 Å².